The first-order chi connectivity index (χ1) is 28.0. The number of esters is 1. The molecule has 0 fully saturated rings. The average molecular weight is 796 g/mol. The highest BCUT2D eigenvalue weighted by Crippen LogP contribution is 2.40. The zero-order valence-electron chi connectivity index (χ0n) is 36.6. The number of carbonyl (C=O) groups excluding carboxylic acids is 1. The average Bonchev–Trinajstić information content (AvgIpc) is 3.21. The molecule has 0 aliphatic carbocycles. The van der Waals surface area contributed by atoms with Crippen LogP contribution < -0.4 is 18.9 Å². The van der Waals surface area contributed by atoms with Crippen LogP contribution in [0.4, 0.5) is 5.69 Å². The van der Waals surface area contributed by atoms with Crippen molar-refractivity contribution in [1.29, 1.82) is 0 Å². The molecule has 8 nitrogen and oxygen atoms in total. The van der Waals surface area contributed by atoms with Crippen molar-refractivity contribution in [3.63, 3.8) is 0 Å². The highest BCUT2D eigenvalue weighted by Gasteiger charge is 2.21. The van der Waals surface area contributed by atoms with E-state index in [1.54, 1.807) is 12.1 Å². The van der Waals surface area contributed by atoms with Gasteiger partial charge in [0.2, 0.25) is 5.75 Å². The third-order valence-electron chi connectivity index (χ3n) is 10.8. The lowest BCUT2D eigenvalue weighted by Gasteiger charge is -2.19. The minimum atomic E-state index is -0.585. The lowest BCUT2D eigenvalue weighted by atomic mass is 10.1. The quantitative estimate of drug-likeness (QED) is 0.0218. The molecular formula is C49H81NO7. The SMILES string of the molecule is CCCCCCCCCCCCOc1cc(C(=O)Oc2ccc([N+](=O)[O-])cc2)cc(OCCCCCCCCCCCC)c1OCCCCCCCCCCCC. The molecule has 0 aromatic heterocycles. The van der Waals surface area contributed by atoms with Crippen LogP contribution in [0.25, 0.3) is 0 Å². The first-order valence-corrected chi connectivity index (χ1v) is 23.5. The maximum atomic E-state index is 13.5. The second-order valence-corrected chi connectivity index (χ2v) is 16.0. The summed E-state index contributed by atoms with van der Waals surface area (Å²) in [6.07, 6.45) is 37.2. The number of unbranched alkanes of at least 4 members (excludes halogenated alkanes) is 27. The molecule has 0 radical (unpaired) electrons. The molecule has 0 saturated carbocycles. The predicted molar refractivity (Wildman–Crippen MR) is 237 cm³/mol. The number of non-ortho nitro benzene ring substituents is 1. The van der Waals surface area contributed by atoms with Crippen molar-refractivity contribution in [2.24, 2.45) is 0 Å². The molecule has 2 aromatic rings. The first-order valence-electron chi connectivity index (χ1n) is 23.5. The van der Waals surface area contributed by atoms with Crippen LogP contribution in [0.2, 0.25) is 0 Å². The van der Waals surface area contributed by atoms with Gasteiger partial charge in [-0.3, -0.25) is 10.1 Å². The Hall–Kier alpha value is -3.29. The third-order valence-corrected chi connectivity index (χ3v) is 10.8. The van der Waals surface area contributed by atoms with Gasteiger partial charge in [-0.2, -0.15) is 0 Å². The predicted octanol–water partition coefficient (Wildman–Crippen LogP) is 15.7. The van der Waals surface area contributed by atoms with E-state index >= 15 is 0 Å². The summed E-state index contributed by atoms with van der Waals surface area (Å²) in [4.78, 5) is 24.2. The molecule has 8 heteroatoms. The Labute approximate surface area is 347 Å². The summed E-state index contributed by atoms with van der Waals surface area (Å²) in [6.45, 7) is 8.36. The van der Waals surface area contributed by atoms with Gasteiger partial charge in [-0.15, -0.1) is 0 Å². The van der Waals surface area contributed by atoms with Gasteiger partial charge in [0.25, 0.3) is 5.69 Å². The summed E-state index contributed by atoms with van der Waals surface area (Å²) >= 11 is 0. The molecule has 0 saturated heterocycles. The van der Waals surface area contributed by atoms with Crippen molar-refractivity contribution in [3.05, 3.63) is 52.1 Å². The van der Waals surface area contributed by atoms with Crippen LogP contribution >= 0.6 is 0 Å². The molecule has 324 valence electrons. The number of hydrogen-bond acceptors (Lipinski definition) is 7. The Morgan fingerprint density at radius 2 is 0.789 bits per heavy atom. The highest BCUT2D eigenvalue weighted by atomic mass is 16.6. The summed E-state index contributed by atoms with van der Waals surface area (Å²) in [7, 11) is 0. The zero-order chi connectivity index (χ0) is 41.0. The largest absolute Gasteiger partial charge is 0.490 e. The normalized spacial score (nSPS) is 11.1. The van der Waals surface area contributed by atoms with E-state index < -0.39 is 10.9 Å². The maximum Gasteiger partial charge on any atom is 0.343 e. The van der Waals surface area contributed by atoms with Crippen molar-refractivity contribution < 1.29 is 28.7 Å². The molecule has 2 rings (SSSR count). The van der Waals surface area contributed by atoms with Gasteiger partial charge in [-0.25, -0.2) is 4.79 Å². The Balaban J connectivity index is 2.09. The number of nitrogens with zero attached hydrogens (tertiary/aromatic N) is 1. The van der Waals surface area contributed by atoms with Gasteiger partial charge in [-0.05, 0) is 43.5 Å². The molecule has 0 spiro atoms. The molecule has 0 aliphatic heterocycles. The second-order valence-electron chi connectivity index (χ2n) is 16.0. The minimum absolute atomic E-state index is 0.0657. The number of ether oxygens (including phenoxy) is 4. The van der Waals surface area contributed by atoms with Crippen LogP contribution in [0.15, 0.2) is 36.4 Å². The topological polar surface area (TPSA) is 97.1 Å². The van der Waals surface area contributed by atoms with Crippen LogP contribution in [0, 0.1) is 10.1 Å². The molecule has 0 aliphatic rings. The summed E-state index contributed by atoms with van der Waals surface area (Å²) in [5.41, 5.74) is 0.222. The van der Waals surface area contributed by atoms with Gasteiger partial charge in [-0.1, -0.05) is 194 Å². The zero-order valence-corrected chi connectivity index (χ0v) is 36.6. The highest BCUT2D eigenvalue weighted by molar-refractivity contribution is 5.92. The van der Waals surface area contributed by atoms with Crippen molar-refractivity contribution in [2.75, 3.05) is 19.8 Å². The molecule has 0 unspecified atom stereocenters. The van der Waals surface area contributed by atoms with Gasteiger partial charge in [0.15, 0.2) is 11.5 Å². The number of nitro benzene ring substituents is 1. The first kappa shape index (κ1) is 49.9. The van der Waals surface area contributed by atoms with Crippen LogP contribution in [0.3, 0.4) is 0 Å². The van der Waals surface area contributed by atoms with E-state index in [-0.39, 0.29) is 17.0 Å². The van der Waals surface area contributed by atoms with Gasteiger partial charge >= 0.3 is 5.97 Å². The van der Waals surface area contributed by atoms with Crippen LogP contribution in [0.5, 0.6) is 23.0 Å². The number of carbonyl (C=O) groups is 1. The van der Waals surface area contributed by atoms with E-state index in [9.17, 15) is 14.9 Å². The van der Waals surface area contributed by atoms with Crippen LogP contribution in [-0.4, -0.2) is 30.7 Å². The third kappa shape index (κ3) is 24.9. The van der Waals surface area contributed by atoms with Gasteiger partial charge < -0.3 is 18.9 Å². The van der Waals surface area contributed by atoms with Crippen molar-refractivity contribution in [2.45, 2.75) is 213 Å². The molecule has 0 amide bonds. The van der Waals surface area contributed by atoms with Crippen molar-refractivity contribution in [1.82, 2.24) is 0 Å². The number of rotatable bonds is 39. The van der Waals surface area contributed by atoms with E-state index in [1.165, 1.54) is 178 Å². The standard InChI is InChI=1S/C49H81NO7/c1-4-7-10-13-16-19-22-25-28-31-38-54-46-41-43(49(51)57-45-36-34-44(35-37-45)50(52)53)42-47(55-39-32-29-26-23-20-17-14-11-8-5-2)48(46)56-40-33-30-27-24-21-18-15-12-9-6-3/h34-37,41-42H,4-33,38-40H2,1-3H3. The Kier molecular flexibility index (Phi) is 30.4. The van der Waals surface area contributed by atoms with E-state index in [0.29, 0.717) is 37.1 Å². The Bertz CT molecular complexity index is 1230. The fourth-order valence-corrected chi connectivity index (χ4v) is 7.16. The Morgan fingerprint density at radius 1 is 0.474 bits per heavy atom. The fourth-order valence-electron chi connectivity index (χ4n) is 7.16. The van der Waals surface area contributed by atoms with E-state index in [0.717, 1.165) is 38.5 Å². The van der Waals surface area contributed by atoms with Crippen molar-refractivity contribution in [3.8, 4) is 23.0 Å². The lowest BCUT2D eigenvalue weighted by Crippen LogP contribution is -2.12. The van der Waals surface area contributed by atoms with Gasteiger partial charge in [0.05, 0.1) is 30.3 Å². The monoisotopic (exact) mass is 796 g/mol. The molecule has 57 heavy (non-hydrogen) atoms. The van der Waals surface area contributed by atoms with Crippen LogP contribution in [-0.2, 0) is 0 Å². The molecule has 0 bridgehead atoms. The number of nitro groups is 1. The minimum Gasteiger partial charge on any atom is -0.490 e. The van der Waals surface area contributed by atoms with Gasteiger partial charge in [0, 0.05) is 12.1 Å². The number of benzene rings is 2. The molecule has 0 heterocycles. The van der Waals surface area contributed by atoms with E-state index in [4.69, 9.17) is 18.9 Å². The summed E-state index contributed by atoms with van der Waals surface area (Å²) in [6, 6.07) is 8.93. The molecular weight excluding hydrogens is 715 g/mol. The van der Waals surface area contributed by atoms with E-state index in [1.807, 2.05) is 0 Å². The summed E-state index contributed by atoms with van der Waals surface area (Å²) < 4.78 is 24.9. The fraction of sp³-hybridized carbons (Fsp3) is 0.735. The summed E-state index contributed by atoms with van der Waals surface area (Å²) in [5, 5.41) is 11.2. The Morgan fingerprint density at radius 3 is 1.12 bits per heavy atom. The number of hydrogen-bond donors (Lipinski definition) is 0. The second kappa shape index (κ2) is 34.7. The molecule has 0 N–H and O–H groups in total. The van der Waals surface area contributed by atoms with Crippen molar-refractivity contribution >= 4 is 11.7 Å². The van der Waals surface area contributed by atoms with E-state index in [2.05, 4.69) is 20.8 Å². The van der Waals surface area contributed by atoms with Gasteiger partial charge in [0.1, 0.15) is 5.75 Å². The lowest BCUT2D eigenvalue weighted by molar-refractivity contribution is -0.384. The maximum absolute atomic E-state index is 13.5. The molecule has 0 atom stereocenters. The van der Waals surface area contributed by atoms with Crippen LogP contribution in [0.1, 0.15) is 224 Å². The molecule has 2 aromatic carbocycles. The smallest absolute Gasteiger partial charge is 0.343 e. The summed E-state index contributed by atoms with van der Waals surface area (Å²) in [5.74, 6) is 1.19.